The van der Waals surface area contributed by atoms with Crippen molar-refractivity contribution in [2.75, 3.05) is 7.05 Å². The van der Waals surface area contributed by atoms with Crippen molar-refractivity contribution in [3.63, 3.8) is 0 Å². The summed E-state index contributed by atoms with van der Waals surface area (Å²) in [5, 5.41) is 0. The number of carbonyl (C=O) groups excluding carboxylic acids is 1. The van der Waals surface area contributed by atoms with E-state index in [1.54, 1.807) is 4.90 Å². The van der Waals surface area contributed by atoms with Crippen LogP contribution in [0.3, 0.4) is 0 Å². The zero-order valence-electron chi connectivity index (χ0n) is 12.1. The van der Waals surface area contributed by atoms with E-state index in [2.05, 4.69) is 15.9 Å². The Bertz CT molecular complexity index is 628. The van der Waals surface area contributed by atoms with Gasteiger partial charge in [0.25, 0.3) is 0 Å². The summed E-state index contributed by atoms with van der Waals surface area (Å²) < 4.78 is 1.02. The summed E-state index contributed by atoms with van der Waals surface area (Å²) in [6, 6.07) is 15.8. The van der Waals surface area contributed by atoms with Gasteiger partial charge in [0, 0.05) is 24.6 Å². The van der Waals surface area contributed by atoms with Gasteiger partial charge >= 0.3 is 0 Å². The van der Waals surface area contributed by atoms with E-state index in [4.69, 9.17) is 5.73 Å². The van der Waals surface area contributed by atoms with Crippen LogP contribution in [0.5, 0.6) is 0 Å². The van der Waals surface area contributed by atoms with Gasteiger partial charge in [0.2, 0.25) is 5.91 Å². The van der Waals surface area contributed by atoms with Crippen LogP contribution in [-0.4, -0.2) is 17.9 Å². The van der Waals surface area contributed by atoms with Crippen molar-refractivity contribution in [1.29, 1.82) is 0 Å². The number of halogens is 1. The lowest BCUT2D eigenvalue weighted by atomic mass is 10.0. The largest absolute Gasteiger partial charge is 0.341 e. The van der Waals surface area contributed by atoms with Gasteiger partial charge in [-0.05, 0) is 22.8 Å². The first kappa shape index (κ1) is 15.7. The van der Waals surface area contributed by atoms with E-state index < -0.39 is 0 Å². The highest BCUT2D eigenvalue weighted by Crippen LogP contribution is 2.18. The highest BCUT2D eigenvalue weighted by atomic mass is 79.9. The van der Waals surface area contributed by atoms with Crippen molar-refractivity contribution < 1.29 is 4.79 Å². The number of likely N-dealkylation sites (N-methyl/N-ethyl adjacent to an activating group) is 1. The summed E-state index contributed by atoms with van der Waals surface area (Å²) in [5.74, 6) is 0.0895. The molecule has 21 heavy (non-hydrogen) atoms. The fourth-order valence-electron chi connectivity index (χ4n) is 2.20. The lowest BCUT2D eigenvalue weighted by Crippen LogP contribution is -2.28. The highest BCUT2D eigenvalue weighted by molar-refractivity contribution is 9.10. The molecule has 0 spiro atoms. The number of rotatable bonds is 5. The van der Waals surface area contributed by atoms with Crippen LogP contribution in [0.2, 0.25) is 0 Å². The second-order valence-electron chi connectivity index (χ2n) is 4.99. The van der Waals surface area contributed by atoms with Gasteiger partial charge in [0.1, 0.15) is 0 Å². The van der Waals surface area contributed by atoms with Gasteiger partial charge in [-0.3, -0.25) is 4.79 Å². The van der Waals surface area contributed by atoms with Crippen LogP contribution in [0.25, 0.3) is 0 Å². The Morgan fingerprint density at radius 2 is 1.62 bits per heavy atom. The third kappa shape index (κ3) is 4.16. The Hall–Kier alpha value is -1.65. The SMILES string of the molecule is CN(Cc1ccccc1Br)C(=O)Cc1ccccc1CN. The number of carbonyl (C=O) groups is 1. The van der Waals surface area contributed by atoms with Crippen molar-refractivity contribution in [3.05, 3.63) is 69.7 Å². The van der Waals surface area contributed by atoms with Crippen LogP contribution in [0, 0.1) is 0 Å². The van der Waals surface area contributed by atoms with E-state index in [-0.39, 0.29) is 5.91 Å². The Morgan fingerprint density at radius 3 is 2.24 bits per heavy atom. The van der Waals surface area contributed by atoms with Crippen molar-refractivity contribution in [1.82, 2.24) is 4.90 Å². The first-order valence-corrected chi connectivity index (χ1v) is 7.65. The van der Waals surface area contributed by atoms with Crippen molar-refractivity contribution in [3.8, 4) is 0 Å². The molecule has 0 aliphatic heterocycles. The number of amides is 1. The Labute approximate surface area is 133 Å². The van der Waals surface area contributed by atoms with E-state index in [0.29, 0.717) is 19.5 Å². The van der Waals surface area contributed by atoms with Crippen molar-refractivity contribution >= 4 is 21.8 Å². The summed E-state index contributed by atoms with van der Waals surface area (Å²) in [5.41, 5.74) is 8.84. The Morgan fingerprint density at radius 1 is 1.05 bits per heavy atom. The molecular weight excluding hydrogens is 328 g/mol. The maximum Gasteiger partial charge on any atom is 0.227 e. The molecule has 2 aromatic rings. The maximum absolute atomic E-state index is 12.4. The summed E-state index contributed by atoms with van der Waals surface area (Å²) in [6.07, 6.45) is 0.383. The Kier molecular flexibility index (Phi) is 5.53. The normalized spacial score (nSPS) is 10.4. The third-order valence-electron chi connectivity index (χ3n) is 3.47. The van der Waals surface area contributed by atoms with Gasteiger partial charge in [0.15, 0.2) is 0 Å². The molecule has 0 aliphatic carbocycles. The molecule has 2 rings (SSSR count). The fourth-order valence-corrected chi connectivity index (χ4v) is 2.61. The number of nitrogens with two attached hydrogens (primary N) is 1. The molecule has 1 amide bonds. The average Bonchev–Trinajstić information content (AvgIpc) is 2.50. The van der Waals surface area contributed by atoms with E-state index >= 15 is 0 Å². The topological polar surface area (TPSA) is 46.3 Å². The highest BCUT2D eigenvalue weighted by Gasteiger charge is 2.13. The predicted octanol–water partition coefficient (Wildman–Crippen LogP) is 3.11. The molecule has 0 aliphatic rings. The minimum Gasteiger partial charge on any atom is -0.341 e. The standard InChI is InChI=1S/C17H19BrN2O/c1-20(12-15-8-4-5-9-16(15)18)17(21)10-13-6-2-3-7-14(13)11-19/h2-9H,10-12,19H2,1H3. The molecule has 3 nitrogen and oxygen atoms in total. The zero-order chi connectivity index (χ0) is 15.2. The monoisotopic (exact) mass is 346 g/mol. The molecule has 2 N–H and O–H groups in total. The molecule has 0 heterocycles. The van der Waals surface area contributed by atoms with Crippen LogP contribution in [0.4, 0.5) is 0 Å². The molecule has 0 aromatic heterocycles. The third-order valence-corrected chi connectivity index (χ3v) is 4.24. The molecule has 0 saturated carbocycles. The maximum atomic E-state index is 12.4. The van der Waals surface area contributed by atoms with Gasteiger partial charge in [-0.15, -0.1) is 0 Å². The van der Waals surface area contributed by atoms with Crippen molar-refractivity contribution in [2.24, 2.45) is 5.73 Å². The van der Waals surface area contributed by atoms with Crippen LogP contribution in [0.1, 0.15) is 16.7 Å². The number of hydrogen-bond donors (Lipinski definition) is 1. The number of nitrogens with zero attached hydrogens (tertiary/aromatic N) is 1. The lowest BCUT2D eigenvalue weighted by Gasteiger charge is -2.19. The van der Waals surface area contributed by atoms with Gasteiger partial charge in [-0.1, -0.05) is 58.4 Å². The minimum atomic E-state index is 0.0895. The summed E-state index contributed by atoms with van der Waals surface area (Å²) in [7, 11) is 1.83. The molecule has 110 valence electrons. The van der Waals surface area contributed by atoms with Crippen LogP contribution >= 0.6 is 15.9 Å². The van der Waals surface area contributed by atoms with Gasteiger partial charge in [-0.2, -0.15) is 0 Å². The first-order chi connectivity index (χ1) is 10.1. The van der Waals surface area contributed by atoms with Crippen LogP contribution < -0.4 is 5.73 Å². The second-order valence-corrected chi connectivity index (χ2v) is 5.85. The molecule has 0 atom stereocenters. The van der Waals surface area contributed by atoms with Crippen LogP contribution in [0.15, 0.2) is 53.0 Å². The average molecular weight is 347 g/mol. The van der Waals surface area contributed by atoms with E-state index in [9.17, 15) is 4.79 Å². The molecule has 0 unspecified atom stereocenters. The van der Waals surface area contributed by atoms with E-state index in [1.807, 2.05) is 55.6 Å². The summed E-state index contributed by atoms with van der Waals surface area (Å²) in [4.78, 5) is 14.1. The van der Waals surface area contributed by atoms with E-state index in [1.165, 1.54) is 0 Å². The van der Waals surface area contributed by atoms with Gasteiger partial charge < -0.3 is 10.6 Å². The zero-order valence-corrected chi connectivity index (χ0v) is 13.6. The molecule has 0 radical (unpaired) electrons. The molecule has 4 heteroatoms. The molecular formula is C17H19BrN2O. The predicted molar refractivity (Wildman–Crippen MR) is 88.7 cm³/mol. The first-order valence-electron chi connectivity index (χ1n) is 6.86. The molecule has 0 bridgehead atoms. The van der Waals surface area contributed by atoms with Crippen molar-refractivity contribution in [2.45, 2.75) is 19.5 Å². The van der Waals surface area contributed by atoms with Crippen LogP contribution in [-0.2, 0) is 24.3 Å². The molecule has 2 aromatic carbocycles. The molecule has 0 saturated heterocycles. The summed E-state index contributed by atoms with van der Waals surface area (Å²) in [6.45, 7) is 1.04. The molecule has 0 fully saturated rings. The number of benzene rings is 2. The van der Waals surface area contributed by atoms with E-state index in [0.717, 1.165) is 21.2 Å². The fraction of sp³-hybridized carbons (Fsp3) is 0.235. The van der Waals surface area contributed by atoms with Gasteiger partial charge in [-0.25, -0.2) is 0 Å². The minimum absolute atomic E-state index is 0.0895. The quantitative estimate of drug-likeness (QED) is 0.903. The second kappa shape index (κ2) is 7.38. The smallest absolute Gasteiger partial charge is 0.227 e. The number of hydrogen-bond acceptors (Lipinski definition) is 2. The Balaban J connectivity index is 2.05. The lowest BCUT2D eigenvalue weighted by molar-refractivity contribution is -0.129. The van der Waals surface area contributed by atoms with Gasteiger partial charge in [0.05, 0.1) is 6.42 Å². The summed E-state index contributed by atoms with van der Waals surface area (Å²) >= 11 is 3.51.